The molecule has 4 heteroatoms. The lowest BCUT2D eigenvalue weighted by Crippen LogP contribution is -2.12. The van der Waals surface area contributed by atoms with Crippen molar-refractivity contribution < 1.29 is 10.2 Å². The van der Waals surface area contributed by atoms with Gasteiger partial charge in [0.25, 0.3) is 0 Å². The summed E-state index contributed by atoms with van der Waals surface area (Å²) < 4.78 is 0. The van der Waals surface area contributed by atoms with E-state index >= 15 is 0 Å². The van der Waals surface area contributed by atoms with Crippen molar-refractivity contribution in [3.05, 3.63) is 60.7 Å². The topological polar surface area (TPSA) is 40.5 Å². The molecule has 2 aromatic rings. The number of rotatable bonds is 5. The lowest BCUT2D eigenvalue weighted by atomic mass is 10.4. The molecule has 2 aromatic carbocycles. The SMILES string of the molecule is OCP(CO)P(c1ccccc1)c1ccccc1. The van der Waals surface area contributed by atoms with Crippen LogP contribution in [-0.4, -0.2) is 22.9 Å². The van der Waals surface area contributed by atoms with Gasteiger partial charge in [0.2, 0.25) is 0 Å². The van der Waals surface area contributed by atoms with Crippen molar-refractivity contribution in [2.75, 3.05) is 12.7 Å². The molecule has 0 radical (unpaired) electrons. The second-order valence-corrected chi connectivity index (χ2v) is 9.90. The van der Waals surface area contributed by atoms with E-state index in [0.29, 0.717) is 0 Å². The Morgan fingerprint density at radius 1 is 0.667 bits per heavy atom. The molecule has 0 saturated carbocycles. The molecule has 2 nitrogen and oxygen atoms in total. The maximum atomic E-state index is 9.50. The third kappa shape index (κ3) is 3.16. The van der Waals surface area contributed by atoms with E-state index in [0.717, 1.165) is 0 Å². The highest BCUT2D eigenvalue weighted by Gasteiger charge is 2.22. The molecule has 0 aliphatic rings. The molecule has 0 atom stereocenters. The first-order valence-electron chi connectivity index (χ1n) is 5.73. The summed E-state index contributed by atoms with van der Waals surface area (Å²) in [6.07, 6.45) is 0.142. The van der Waals surface area contributed by atoms with E-state index in [2.05, 4.69) is 24.3 Å². The summed E-state index contributed by atoms with van der Waals surface area (Å²) in [6.45, 7) is 0. The third-order valence-electron chi connectivity index (χ3n) is 2.61. The normalized spacial score (nSPS) is 11.1. The van der Waals surface area contributed by atoms with Crippen molar-refractivity contribution in [2.24, 2.45) is 0 Å². The van der Waals surface area contributed by atoms with Gasteiger partial charge in [0.15, 0.2) is 0 Å². The average molecular weight is 278 g/mol. The Hall–Kier alpha value is -0.780. The van der Waals surface area contributed by atoms with Crippen LogP contribution in [0.1, 0.15) is 0 Å². The van der Waals surface area contributed by atoms with Crippen LogP contribution >= 0.6 is 15.2 Å². The molecule has 0 bridgehead atoms. The van der Waals surface area contributed by atoms with Crippen LogP contribution in [0.4, 0.5) is 0 Å². The van der Waals surface area contributed by atoms with Gasteiger partial charge in [-0.3, -0.25) is 0 Å². The van der Waals surface area contributed by atoms with Crippen LogP contribution in [0.15, 0.2) is 60.7 Å². The molecule has 0 saturated heterocycles. The minimum Gasteiger partial charge on any atom is -0.391 e. The van der Waals surface area contributed by atoms with E-state index in [9.17, 15) is 10.2 Å². The standard InChI is InChI=1S/C14H16O2P2/c15-11-17(12-16)18(13-7-3-1-4-8-13)14-9-5-2-6-10-14/h1-10,15-16H,11-12H2. The summed E-state index contributed by atoms with van der Waals surface area (Å²) in [5.74, 6) is 0. The number of hydrogen-bond donors (Lipinski definition) is 2. The van der Waals surface area contributed by atoms with Crippen molar-refractivity contribution in [3.8, 4) is 0 Å². The molecular formula is C14H16O2P2. The Labute approximate surface area is 110 Å². The molecule has 0 unspecified atom stereocenters. The quantitative estimate of drug-likeness (QED) is 0.825. The van der Waals surface area contributed by atoms with Crippen molar-refractivity contribution in [1.29, 1.82) is 0 Å². The lowest BCUT2D eigenvalue weighted by Gasteiger charge is -2.25. The Bertz CT molecular complexity index is 418. The first kappa shape index (κ1) is 13.6. The molecule has 0 heterocycles. The van der Waals surface area contributed by atoms with Crippen LogP contribution in [0, 0.1) is 0 Å². The Morgan fingerprint density at radius 2 is 1.06 bits per heavy atom. The highest BCUT2D eigenvalue weighted by atomic mass is 32.1. The predicted molar refractivity (Wildman–Crippen MR) is 80.2 cm³/mol. The van der Waals surface area contributed by atoms with Gasteiger partial charge in [0.05, 0.1) is 12.7 Å². The summed E-state index contributed by atoms with van der Waals surface area (Å²) in [5, 5.41) is 21.4. The van der Waals surface area contributed by atoms with Gasteiger partial charge < -0.3 is 10.2 Å². The fraction of sp³-hybridized carbons (Fsp3) is 0.143. The molecule has 0 amide bonds. The van der Waals surface area contributed by atoms with Crippen molar-refractivity contribution in [2.45, 2.75) is 0 Å². The molecule has 2 rings (SSSR count). The second kappa shape index (κ2) is 6.97. The smallest absolute Gasteiger partial charge is 0.0692 e. The number of aliphatic hydroxyl groups is 2. The van der Waals surface area contributed by atoms with Crippen molar-refractivity contribution in [1.82, 2.24) is 0 Å². The molecule has 0 aliphatic heterocycles. The van der Waals surface area contributed by atoms with E-state index in [4.69, 9.17) is 0 Å². The maximum absolute atomic E-state index is 9.50. The minimum absolute atomic E-state index is 0.0708. The zero-order valence-corrected chi connectivity index (χ0v) is 11.8. The van der Waals surface area contributed by atoms with Crippen LogP contribution in [0.2, 0.25) is 0 Å². The van der Waals surface area contributed by atoms with Gasteiger partial charge in [0.1, 0.15) is 0 Å². The highest BCUT2D eigenvalue weighted by molar-refractivity contribution is 8.35. The lowest BCUT2D eigenvalue weighted by molar-refractivity contribution is 0.347. The van der Waals surface area contributed by atoms with E-state index < -0.39 is 15.2 Å². The van der Waals surface area contributed by atoms with Gasteiger partial charge in [-0.2, -0.15) is 0 Å². The van der Waals surface area contributed by atoms with Crippen LogP contribution < -0.4 is 10.6 Å². The Kier molecular flexibility index (Phi) is 5.28. The molecule has 0 aromatic heterocycles. The number of aliphatic hydroxyl groups excluding tert-OH is 2. The molecule has 0 aliphatic carbocycles. The Morgan fingerprint density at radius 3 is 1.39 bits per heavy atom. The van der Waals surface area contributed by atoms with Crippen molar-refractivity contribution in [3.63, 3.8) is 0 Å². The van der Waals surface area contributed by atoms with Gasteiger partial charge >= 0.3 is 0 Å². The largest absolute Gasteiger partial charge is 0.391 e. The third-order valence-corrected chi connectivity index (χ3v) is 9.25. The van der Waals surface area contributed by atoms with Gasteiger partial charge in [-0.25, -0.2) is 0 Å². The first-order valence-corrected chi connectivity index (χ1v) is 9.49. The van der Waals surface area contributed by atoms with E-state index in [1.54, 1.807) is 0 Å². The fourth-order valence-electron chi connectivity index (χ4n) is 1.79. The predicted octanol–water partition coefficient (Wildman–Crippen LogP) is 2.42. The fourth-order valence-corrected chi connectivity index (χ4v) is 7.51. The van der Waals surface area contributed by atoms with E-state index in [1.165, 1.54) is 10.6 Å². The summed E-state index contributed by atoms with van der Waals surface area (Å²) >= 11 is 0. The summed E-state index contributed by atoms with van der Waals surface area (Å²) in [7, 11) is -1.45. The number of benzene rings is 2. The average Bonchev–Trinajstić information content (AvgIpc) is 2.46. The summed E-state index contributed by atoms with van der Waals surface area (Å²) in [4.78, 5) is 0. The first-order chi connectivity index (χ1) is 8.86. The van der Waals surface area contributed by atoms with Gasteiger partial charge in [-0.05, 0) is 25.8 Å². The Balaban J connectivity index is 2.41. The van der Waals surface area contributed by atoms with Crippen LogP contribution in [0.3, 0.4) is 0 Å². The minimum atomic E-state index is -0.796. The molecular weight excluding hydrogens is 262 g/mol. The monoisotopic (exact) mass is 278 g/mol. The zero-order valence-electron chi connectivity index (χ0n) is 9.98. The van der Waals surface area contributed by atoms with Crippen LogP contribution in [-0.2, 0) is 0 Å². The molecule has 0 spiro atoms. The van der Waals surface area contributed by atoms with Gasteiger partial charge in [-0.15, -0.1) is 0 Å². The number of hydrogen-bond acceptors (Lipinski definition) is 2. The molecule has 0 fully saturated rings. The highest BCUT2D eigenvalue weighted by Crippen LogP contribution is 2.65. The summed E-state index contributed by atoms with van der Waals surface area (Å²) in [6, 6.07) is 20.3. The van der Waals surface area contributed by atoms with Crippen LogP contribution in [0.5, 0.6) is 0 Å². The molecule has 2 N–H and O–H groups in total. The molecule has 18 heavy (non-hydrogen) atoms. The molecule has 94 valence electrons. The van der Waals surface area contributed by atoms with Crippen molar-refractivity contribution >= 4 is 25.8 Å². The maximum Gasteiger partial charge on any atom is 0.0692 e. The van der Waals surface area contributed by atoms with Gasteiger partial charge in [0, 0.05) is 0 Å². The summed E-state index contributed by atoms with van der Waals surface area (Å²) in [5.41, 5.74) is 0. The van der Waals surface area contributed by atoms with E-state index in [1.807, 2.05) is 36.4 Å². The van der Waals surface area contributed by atoms with Crippen LogP contribution in [0.25, 0.3) is 0 Å². The second-order valence-electron chi connectivity index (χ2n) is 3.77. The van der Waals surface area contributed by atoms with E-state index in [-0.39, 0.29) is 12.7 Å². The zero-order chi connectivity index (χ0) is 12.8. The van der Waals surface area contributed by atoms with Gasteiger partial charge in [-0.1, -0.05) is 60.7 Å².